The smallest absolute Gasteiger partial charge is 0.327 e. The van der Waals surface area contributed by atoms with E-state index in [2.05, 4.69) is 0 Å². The molecule has 2 amide bonds. The van der Waals surface area contributed by atoms with Crippen LogP contribution in [0.15, 0.2) is 42.5 Å². The molecule has 1 saturated heterocycles. The Morgan fingerprint density at radius 1 is 1.09 bits per heavy atom. The van der Waals surface area contributed by atoms with Crippen molar-refractivity contribution in [1.82, 2.24) is 4.90 Å². The molecule has 1 N–H and O–H groups in total. The third kappa shape index (κ3) is 2.03. The van der Waals surface area contributed by atoms with Crippen molar-refractivity contribution in [1.29, 1.82) is 0 Å². The lowest BCUT2D eigenvalue weighted by Crippen LogP contribution is -2.47. The summed E-state index contributed by atoms with van der Waals surface area (Å²) >= 11 is 0. The zero-order valence-electron chi connectivity index (χ0n) is 12.5. The zero-order valence-corrected chi connectivity index (χ0v) is 12.5. The van der Waals surface area contributed by atoms with E-state index < -0.39 is 12.0 Å². The molecule has 23 heavy (non-hydrogen) atoms. The molecule has 2 fully saturated rings. The fraction of sp³-hybridized carbons (Fsp3) is 0.389. The lowest BCUT2D eigenvalue weighted by atomic mass is 9.85. The van der Waals surface area contributed by atoms with Gasteiger partial charge in [-0.05, 0) is 23.8 Å². The predicted octanol–water partition coefficient (Wildman–Crippen LogP) is 1.49. The minimum atomic E-state index is -1.13. The van der Waals surface area contributed by atoms with Crippen molar-refractivity contribution in [3.8, 4) is 0 Å². The third-order valence-corrected chi connectivity index (χ3v) is 5.37. The van der Waals surface area contributed by atoms with Crippen LogP contribution in [0.1, 0.15) is 12.0 Å². The third-order valence-electron chi connectivity index (χ3n) is 5.37. The van der Waals surface area contributed by atoms with E-state index in [4.69, 9.17) is 0 Å². The first-order chi connectivity index (χ1) is 11.1. The average molecular weight is 311 g/mol. The largest absolute Gasteiger partial charge is 0.480 e. The number of carboxylic acid groups (broad SMARTS) is 1. The Balaban J connectivity index is 1.64. The van der Waals surface area contributed by atoms with Crippen molar-refractivity contribution < 1.29 is 19.5 Å². The number of likely N-dealkylation sites (tertiary alicyclic amines) is 1. The monoisotopic (exact) mass is 311 g/mol. The van der Waals surface area contributed by atoms with Crippen LogP contribution in [0.5, 0.6) is 0 Å². The van der Waals surface area contributed by atoms with E-state index in [1.807, 2.05) is 42.5 Å². The standard InChI is InChI=1S/C18H17NO4/c20-16-14-11-6-7-12(9-11)15(14)17(21)19(16)13(18(22)23)8-10-4-2-1-3-5-10/h1-7,11-15H,8-9H2,(H,22,23)/t11-,12+,13-,14+,15-/m0/s1. The van der Waals surface area contributed by atoms with Crippen LogP contribution in [0.25, 0.3) is 0 Å². The summed E-state index contributed by atoms with van der Waals surface area (Å²) < 4.78 is 0. The SMILES string of the molecule is O=C(O)[C@H](Cc1ccccc1)N1C(=O)[C@@H]2[C@H](C1=O)[C@H]1C=C[C@@H]2C1. The van der Waals surface area contributed by atoms with Gasteiger partial charge in [0.1, 0.15) is 6.04 Å². The van der Waals surface area contributed by atoms with Gasteiger partial charge in [-0.2, -0.15) is 0 Å². The molecular formula is C18H17NO4. The molecular weight excluding hydrogens is 294 g/mol. The molecule has 1 aromatic carbocycles. The number of imide groups is 1. The predicted molar refractivity (Wildman–Crippen MR) is 81.1 cm³/mol. The second kappa shape index (κ2) is 5.05. The normalized spacial score (nSPS) is 32.4. The van der Waals surface area contributed by atoms with Crippen LogP contribution < -0.4 is 0 Å². The second-order valence-corrected chi connectivity index (χ2v) is 6.59. The lowest BCUT2D eigenvalue weighted by Gasteiger charge is -2.24. The lowest BCUT2D eigenvalue weighted by molar-refractivity contribution is -0.155. The Kier molecular flexibility index (Phi) is 3.11. The highest BCUT2D eigenvalue weighted by Crippen LogP contribution is 2.52. The van der Waals surface area contributed by atoms with Gasteiger partial charge in [0.25, 0.3) is 0 Å². The van der Waals surface area contributed by atoms with Gasteiger partial charge in [-0.1, -0.05) is 42.5 Å². The minimum Gasteiger partial charge on any atom is -0.480 e. The van der Waals surface area contributed by atoms with Gasteiger partial charge in [-0.25, -0.2) is 4.79 Å². The molecule has 1 saturated carbocycles. The summed E-state index contributed by atoms with van der Waals surface area (Å²) in [5, 5.41) is 9.58. The molecule has 5 heteroatoms. The number of nitrogens with zero attached hydrogens (tertiary/aromatic N) is 1. The van der Waals surface area contributed by atoms with Gasteiger partial charge in [-0.3, -0.25) is 14.5 Å². The highest BCUT2D eigenvalue weighted by atomic mass is 16.4. The summed E-state index contributed by atoms with van der Waals surface area (Å²) in [6.07, 6.45) is 5.01. The van der Waals surface area contributed by atoms with Gasteiger partial charge in [0, 0.05) is 6.42 Å². The number of allylic oxidation sites excluding steroid dienone is 2. The van der Waals surface area contributed by atoms with Gasteiger partial charge < -0.3 is 5.11 Å². The van der Waals surface area contributed by atoms with Gasteiger partial charge in [0.05, 0.1) is 11.8 Å². The second-order valence-electron chi connectivity index (χ2n) is 6.59. The summed E-state index contributed by atoms with van der Waals surface area (Å²) in [6.45, 7) is 0. The van der Waals surface area contributed by atoms with Crippen LogP contribution in [0.4, 0.5) is 0 Å². The number of carbonyl (C=O) groups excluding carboxylic acids is 2. The number of aliphatic carboxylic acids is 1. The fourth-order valence-electron chi connectivity index (χ4n) is 4.36. The van der Waals surface area contributed by atoms with E-state index in [0.717, 1.165) is 16.9 Å². The first-order valence-electron chi connectivity index (χ1n) is 7.90. The quantitative estimate of drug-likeness (QED) is 0.675. The Labute approximate surface area is 133 Å². The van der Waals surface area contributed by atoms with Gasteiger partial charge in [0.15, 0.2) is 0 Å². The summed E-state index contributed by atoms with van der Waals surface area (Å²) in [6, 6.07) is 7.99. The molecule has 5 nitrogen and oxygen atoms in total. The Morgan fingerprint density at radius 3 is 2.17 bits per heavy atom. The Morgan fingerprint density at radius 2 is 1.65 bits per heavy atom. The number of carboxylic acids is 1. The van der Waals surface area contributed by atoms with Gasteiger partial charge in [-0.15, -0.1) is 0 Å². The van der Waals surface area contributed by atoms with E-state index in [-0.39, 0.29) is 41.9 Å². The molecule has 118 valence electrons. The topological polar surface area (TPSA) is 74.7 Å². The maximum absolute atomic E-state index is 12.7. The summed E-state index contributed by atoms with van der Waals surface area (Å²) in [5.41, 5.74) is 0.804. The highest BCUT2D eigenvalue weighted by molar-refractivity contribution is 6.08. The molecule has 0 unspecified atom stereocenters. The fourth-order valence-corrected chi connectivity index (χ4v) is 4.36. The average Bonchev–Trinajstić information content (AvgIpc) is 3.21. The van der Waals surface area contributed by atoms with Crippen molar-refractivity contribution in [3.63, 3.8) is 0 Å². The zero-order chi connectivity index (χ0) is 16.1. The molecule has 2 bridgehead atoms. The van der Waals surface area contributed by atoms with Crippen LogP contribution in [-0.2, 0) is 20.8 Å². The molecule has 4 rings (SSSR count). The molecule has 0 aromatic heterocycles. The van der Waals surface area contributed by atoms with Crippen LogP contribution >= 0.6 is 0 Å². The molecule has 1 aliphatic heterocycles. The molecule has 1 aromatic rings. The van der Waals surface area contributed by atoms with Crippen LogP contribution in [0, 0.1) is 23.7 Å². The first-order valence-corrected chi connectivity index (χ1v) is 7.90. The summed E-state index contributed by atoms with van der Waals surface area (Å²) in [5.74, 6) is -2.25. The first kappa shape index (κ1) is 14.2. The van der Waals surface area contributed by atoms with Gasteiger partial charge >= 0.3 is 5.97 Å². The van der Waals surface area contributed by atoms with Crippen LogP contribution in [0.3, 0.4) is 0 Å². The summed E-state index contributed by atoms with van der Waals surface area (Å²) in [4.78, 5) is 38.2. The number of carbonyl (C=O) groups is 3. The molecule has 1 heterocycles. The number of rotatable bonds is 4. The van der Waals surface area contributed by atoms with Crippen LogP contribution in [-0.4, -0.2) is 33.8 Å². The Hall–Kier alpha value is -2.43. The maximum Gasteiger partial charge on any atom is 0.327 e. The van der Waals surface area contributed by atoms with Gasteiger partial charge in [0.2, 0.25) is 11.8 Å². The van der Waals surface area contributed by atoms with Crippen molar-refractivity contribution in [2.24, 2.45) is 23.7 Å². The molecule has 0 radical (unpaired) electrons. The minimum absolute atomic E-state index is 0.0950. The maximum atomic E-state index is 12.7. The van der Waals surface area contributed by atoms with E-state index in [1.165, 1.54) is 0 Å². The number of benzene rings is 1. The van der Waals surface area contributed by atoms with Crippen molar-refractivity contribution in [2.75, 3.05) is 0 Å². The van der Waals surface area contributed by atoms with Crippen molar-refractivity contribution in [2.45, 2.75) is 18.9 Å². The molecule has 5 atom stereocenters. The van der Waals surface area contributed by atoms with E-state index >= 15 is 0 Å². The number of hydrogen-bond acceptors (Lipinski definition) is 3. The van der Waals surface area contributed by atoms with Crippen LogP contribution in [0.2, 0.25) is 0 Å². The molecule has 0 spiro atoms. The highest BCUT2D eigenvalue weighted by Gasteiger charge is 2.61. The molecule has 3 aliphatic rings. The van der Waals surface area contributed by atoms with Crippen molar-refractivity contribution in [3.05, 3.63) is 48.0 Å². The molecule has 2 aliphatic carbocycles. The number of hydrogen-bond donors (Lipinski definition) is 1. The van der Waals surface area contributed by atoms with E-state index in [1.54, 1.807) is 0 Å². The number of fused-ring (bicyclic) bond motifs is 5. The van der Waals surface area contributed by atoms with E-state index in [9.17, 15) is 19.5 Å². The number of amides is 2. The Bertz CT molecular complexity index is 681. The summed E-state index contributed by atoms with van der Waals surface area (Å²) in [7, 11) is 0. The van der Waals surface area contributed by atoms with E-state index in [0.29, 0.717) is 0 Å². The van der Waals surface area contributed by atoms with Crippen molar-refractivity contribution >= 4 is 17.8 Å².